The van der Waals surface area contributed by atoms with E-state index in [2.05, 4.69) is 5.32 Å². The molecule has 1 heterocycles. The van der Waals surface area contributed by atoms with E-state index in [-0.39, 0.29) is 17.8 Å². The molecule has 0 spiro atoms. The molecular weight excluding hydrogens is 260 g/mol. The third-order valence-corrected chi connectivity index (χ3v) is 4.04. The molecule has 3 N–H and O–H groups in total. The van der Waals surface area contributed by atoms with Crippen molar-refractivity contribution in [2.45, 2.75) is 31.7 Å². The molecule has 7 heteroatoms. The topological polar surface area (TPSA) is 103 Å². The molecule has 1 aliphatic rings. The Morgan fingerprint density at radius 2 is 2.20 bits per heavy atom. The van der Waals surface area contributed by atoms with E-state index < -0.39 is 4.92 Å². The van der Waals surface area contributed by atoms with E-state index in [1.165, 1.54) is 23.7 Å². The van der Waals surface area contributed by atoms with Gasteiger partial charge in [0.05, 0.1) is 7.05 Å². The van der Waals surface area contributed by atoms with Crippen LogP contribution in [-0.4, -0.2) is 28.0 Å². The van der Waals surface area contributed by atoms with Crippen molar-refractivity contribution < 1.29 is 9.72 Å². The van der Waals surface area contributed by atoms with Crippen LogP contribution >= 0.6 is 0 Å². The molecule has 2 atom stereocenters. The van der Waals surface area contributed by atoms with E-state index in [1.54, 1.807) is 0 Å². The zero-order valence-electron chi connectivity index (χ0n) is 11.5. The summed E-state index contributed by atoms with van der Waals surface area (Å²) in [5.74, 6) is -0.0666. The summed E-state index contributed by atoms with van der Waals surface area (Å²) in [6, 6.07) is 2.89. The summed E-state index contributed by atoms with van der Waals surface area (Å²) < 4.78 is 1.30. The first-order valence-electron chi connectivity index (χ1n) is 6.85. The second-order valence-electron chi connectivity index (χ2n) is 5.25. The molecule has 20 heavy (non-hydrogen) atoms. The lowest BCUT2D eigenvalue weighted by molar-refractivity contribution is -0.391. The normalized spacial score (nSPS) is 22.5. The van der Waals surface area contributed by atoms with E-state index in [1.807, 2.05) is 0 Å². The van der Waals surface area contributed by atoms with Crippen LogP contribution in [-0.2, 0) is 7.05 Å². The van der Waals surface area contributed by atoms with Crippen molar-refractivity contribution in [3.63, 3.8) is 0 Å². The molecule has 2 unspecified atom stereocenters. The number of hydrogen-bond donors (Lipinski definition) is 2. The molecule has 0 saturated heterocycles. The monoisotopic (exact) mass is 280 g/mol. The first-order valence-corrected chi connectivity index (χ1v) is 6.85. The lowest BCUT2D eigenvalue weighted by Crippen LogP contribution is -2.45. The van der Waals surface area contributed by atoms with Crippen LogP contribution < -0.4 is 11.1 Å². The van der Waals surface area contributed by atoms with Crippen LogP contribution in [0.3, 0.4) is 0 Å². The summed E-state index contributed by atoms with van der Waals surface area (Å²) >= 11 is 0. The second-order valence-corrected chi connectivity index (χ2v) is 5.25. The number of nitrogens with zero attached hydrogens (tertiary/aromatic N) is 2. The molecule has 0 aromatic carbocycles. The fourth-order valence-electron chi connectivity index (χ4n) is 2.83. The summed E-state index contributed by atoms with van der Waals surface area (Å²) in [5.41, 5.74) is 6.04. The van der Waals surface area contributed by atoms with E-state index in [0.717, 1.165) is 25.7 Å². The number of rotatable bonds is 4. The van der Waals surface area contributed by atoms with Gasteiger partial charge in [0.15, 0.2) is 5.69 Å². The molecule has 1 aliphatic carbocycles. The highest BCUT2D eigenvalue weighted by atomic mass is 16.6. The van der Waals surface area contributed by atoms with Gasteiger partial charge in [0.25, 0.3) is 5.91 Å². The Morgan fingerprint density at radius 1 is 1.50 bits per heavy atom. The van der Waals surface area contributed by atoms with Crippen molar-refractivity contribution in [3.05, 3.63) is 27.9 Å². The van der Waals surface area contributed by atoms with E-state index in [4.69, 9.17) is 5.73 Å². The van der Waals surface area contributed by atoms with E-state index in [0.29, 0.717) is 18.2 Å². The van der Waals surface area contributed by atoms with Crippen molar-refractivity contribution in [3.8, 4) is 0 Å². The number of carbonyl (C=O) groups is 1. The van der Waals surface area contributed by atoms with Crippen molar-refractivity contribution in [1.82, 2.24) is 9.88 Å². The van der Waals surface area contributed by atoms with Crippen LogP contribution in [0.25, 0.3) is 0 Å². The Kier molecular flexibility index (Phi) is 4.39. The summed E-state index contributed by atoms with van der Waals surface area (Å²) in [4.78, 5) is 22.5. The first kappa shape index (κ1) is 14.5. The number of nitrogens with two attached hydrogens (primary N) is 1. The number of hydrogen-bond acceptors (Lipinski definition) is 4. The molecule has 2 rings (SSSR count). The molecule has 7 nitrogen and oxygen atoms in total. The molecule has 1 aromatic heterocycles. The lowest BCUT2D eigenvalue weighted by Gasteiger charge is -2.31. The number of nitro groups is 1. The van der Waals surface area contributed by atoms with Gasteiger partial charge in [0, 0.05) is 12.1 Å². The highest BCUT2D eigenvalue weighted by Crippen LogP contribution is 2.24. The molecule has 1 aromatic rings. The van der Waals surface area contributed by atoms with Gasteiger partial charge in [0.1, 0.15) is 0 Å². The number of amides is 1. The lowest BCUT2D eigenvalue weighted by atomic mass is 9.84. The first-order chi connectivity index (χ1) is 9.54. The quantitative estimate of drug-likeness (QED) is 0.638. The second kappa shape index (κ2) is 6.04. The molecule has 110 valence electrons. The van der Waals surface area contributed by atoms with Gasteiger partial charge in [0.2, 0.25) is 0 Å². The maximum absolute atomic E-state index is 12.2. The molecule has 0 radical (unpaired) electrons. The summed E-state index contributed by atoms with van der Waals surface area (Å²) in [6.45, 7) is 0.554. The summed E-state index contributed by atoms with van der Waals surface area (Å²) in [7, 11) is 1.52. The minimum absolute atomic E-state index is 0.0650. The molecule has 0 bridgehead atoms. The predicted molar refractivity (Wildman–Crippen MR) is 74.3 cm³/mol. The van der Waals surface area contributed by atoms with Crippen LogP contribution in [0.5, 0.6) is 0 Å². The fraction of sp³-hybridized carbons (Fsp3) is 0.615. The third kappa shape index (κ3) is 2.82. The smallest absolute Gasteiger partial charge is 0.323 e. The van der Waals surface area contributed by atoms with Crippen LogP contribution in [0.15, 0.2) is 12.1 Å². The maximum Gasteiger partial charge on any atom is 0.323 e. The van der Waals surface area contributed by atoms with Gasteiger partial charge < -0.3 is 21.2 Å². The summed E-state index contributed by atoms with van der Waals surface area (Å²) in [5, 5.41) is 13.7. The van der Waals surface area contributed by atoms with Crippen molar-refractivity contribution in [1.29, 1.82) is 0 Å². The van der Waals surface area contributed by atoms with Gasteiger partial charge in [-0.1, -0.05) is 12.8 Å². The molecule has 1 amide bonds. The van der Waals surface area contributed by atoms with Gasteiger partial charge in [-0.3, -0.25) is 4.79 Å². The number of carbonyl (C=O) groups excluding carboxylic acids is 1. The SMILES string of the molecule is Cn1c(C(=O)NC2CCCCC2CN)ccc1[N+](=O)[O-]. The fourth-order valence-corrected chi connectivity index (χ4v) is 2.83. The Hall–Kier alpha value is -1.89. The Labute approximate surface area is 117 Å². The van der Waals surface area contributed by atoms with Crippen LogP contribution in [0.4, 0.5) is 5.82 Å². The minimum atomic E-state index is -0.500. The van der Waals surface area contributed by atoms with Crippen molar-refractivity contribution in [2.24, 2.45) is 18.7 Å². The average molecular weight is 280 g/mol. The Balaban J connectivity index is 2.10. The highest BCUT2D eigenvalue weighted by molar-refractivity contribution is 5.93. The minimum Gasteiger partial charge on any atom is -0.358 e. The number of nitrogens with one attached hydrogen (secondary N) is 1. The standard InChI is InChI=1S/C13H20N4O3/c1-16-11(6-7-12(16)17(19)20)13(18)15-10-5-3-2-4-9(10)8-14/h6-7,9-10H,2-5,8,14H2,1H3,(H,15,18). The Morgan fingerprint density at radius 3 is 2.80 bits per heavy atom. The van der Waals surface area contributed by atoms with Gasteiger partial charge >= 0.3 is 5.82 Å². The largest absolute Gasteiger partial charge is 0.358 e. The zero-order valence-corrected chi connectivity index (χ0v) is 11.5. The number of aromatic nitrogens is 1. The molecule has 1 fully saturated rings. The van der Waals surface area contributed by atoms with Gasteiger partial charge in [-0.15, -0.1) is 0 Å². The van der Waals surface area contributed by atoms with E-state index >= 15 is 0 Å². The highest BCUT2D eigenvalue weighted by Gasteiger charge is 2.28. The zero-order chi connectivity index (χ0) is 14.7. The predicted octanol–water partition coefficient (Wildman–Crippen LogP) is 1.18. The van der Waals surface area contributed by atoms with Crippen molar-refractivity contribution >= 4 is 11.7 Å². The van der Waals surface area contributed by atoms with E-state index in [9.17, 15) is 14.9 Å². The van der Waals surface area contributed by atoms with Crippen LogP contribution in [0, 0.1) is 16.0 Å². The van der Waals surface area contributed by atoms with Crippen molar-refractivity contribution in [2.75, 3.05) is 6.54 Å². The van der Waals surface area contributed by atoms with Crippen LogP contribution in [0.1, 0.15) is 36.2 Å². The average Bonchev–Trinajstić information content (AvgIpc) is 2.81. The maximum atomic E-state index is 12.2. The molecule has 1 saturated carbocycles. The van der Waals surface area contributed by atoms with Gasteiger partial charge in [-0.05, 0) is 36.3 Å². The van der Waals surface area contributed by atoms with Crippen LogP contribution in [0.2, 0.25) is 0 Å². The molecular formula is C13H20N4O3. The third-order valence-electron chi connectivity index (χ3n) is 4.04. The summed E-state index contributed by atoms with van der Waals surface area (Å²) in [6.07, 6.45) is 4.16. The van der Waals surface area contributed by atoms with Gasteiger partial charge in [-0.25, -0.2) is 4.57 Å². The molecule has 0 aliphatic heterocycles. The Bertz CT molecular complexity index is 512. The van der Waals surface area contributed by atoms with Gasteiger partial charge in [-0.2, -0.15) is 0 Å².